The lowest BCUT2D eigenvalue weighted by Gasteiger charge is -2.14. The Kier molecular flexibility index (Phi) is 3.52. The smallest absolute Gasteiger partial charge is 0.266 e. The van der Waals surface area contributed by atoms with E-state index in [1.807, 2.05) is 0 Å². The van der Waals surface area contributed by atoms with Gasteiger partial charge < -0.3 is 5.11 Å². The molecule has 0 spiro atoms. The number of alkyl halides is 2. The van der Waals surface area contributed by atoms with Gasteiger partial charge in [-0.25, -0.2) is 13.2 Å². The van der Waals surface area contributed by atoms with Crippen molar-refractivity contribution in [3.8, 4) is 0 Å². The predicted octanol–water partition coefficient (Wildman–Crippen LogP) is 2.86. The summed E-state index contributed by atoms with van der Waals surface area (Å²) in [7, 11) is 0. The van der Waals surface area contributed by atoms with Crippen molar-refractivity contribution in [3.05, 3.63) is 35.1 Å². The molecule has 1 unspecified atom stereocenters. The Hall–Kier alpha value is -1.03. The zero-order valence-electron chi connectivity index (χ0n) is 7.67. The van der Waals surface area contributed by atoms with E-state index in [1.54, 1.807) is 6.92 Å². The maximum absolute atomic E-state index is 13.0. The van der Waals surface area contributed by atoms with Crippen molar-refractivity contribution in [2.45, 2.75) is 19.3 Å². The molecule has 0 bridgehead atoms. The van der Waals surface area contributed by atoms with Gasteiger partial charge in [-0.1, -0.05) is 19.1 Å². The molecular formula is C10H11F3O. The number of hydrogen-bond acceptors (Lipinski definition) is 1. The van der Waals surface area contributed by atoms with Crippen molar-refractivity contribution in [2.75, 3.05) is 6.61 Å². The van der Waals surface area contributed by atoms with E-state index in [2.05, 4.69) is 0 Å². The molecule has 1 aromatic carbocycles. The summed E-state index contributed by atoms with van der Waals surface area (Å²) in [4.78, 5) is 0. The Morgan fingerprint density at radius 3 is 2.50 bits per heavy atom. The molecule has 0 radical (unpaired) electrons. The molecule has 1 aromatic rings. The van der Waals surface area contributed by atoms with Crippen molar-refractivity contribution in [2.24, 2.45) is 0 Å². The highest BCUT2D eigenvalue weighted by atomic mass is 19.3. The first-order chi connectivity index (χ1) is 6.57. The average molecular weight is 204 g/mol. The van der Waals surface area contributed by atoms with E-state index in [0.29, 0.717) is 0 Å². The molecule has 1 atom stereocenters. The SMILES string of the molecule is CC(CO)c1cccc(F)c1C(F)F. The van der Waals surface area contributed by atoms with Gasteiger partial charge in [-0.3, -0.25) is 0 Å². The summed E-state index contributed by atoms with van der Waals surface area (Å²) in [5.74, 6) is -1.40. The van der Waals surface area contributed by atoms with Crippen molar-refractivity contribution in [1.82, 2.24) is 0 Å². The summed E-state index contributed by atoms with van der Waals surface area (Å²) >= 11 is 0. The van der Waals surface area contributed by atoms with E-state index >= 15 is 0 Å². The first-order valence-corrected chi connectivity index (χ1v) is 4.25. The van der Waals surface area contributed by atoms with E-state index in [4.69, 9.17) is 5.11 Å². The maximum atomic E-state index is 13.0. The summed E-state index contributed by atoms with van der Waals surface area (Å²) in [5, 5.41) is 8.82. The van der Waals surface area contributed by atoms with Gasteiger partial charge in [0.15, 0.2) is 0 Å². The first kappa shape index (κ1) is 11.0. The average Bonchev–Trinajstić information content (AvgIpc) is 2.15. The van der Waals surface area contributed by atoms with Crippen LogP contribution in [0, 0.1) is 5.82 Å². The number of benzene rings is 1. The molecule has 0 aliphatic rings. The van der Waals surface area contributed by atoms with Gasteiger partial charge in [-0.05, 0) is 11.6 Å². The van der Waals surface area contributed by atoms with Crippen LogP contribution in [0.15, 0.2) is 18.2 Å². The molecule has 0 amide bonds. The lowest BCUT2D eigenvalue weighted by Crippen LogP contribution is -2.05. The number of hydrogen-bond donors (Lipinski definition) is 1. The number of aliphatic hydroxyl groups is 1. The van der Waals surface area contributed by atoms with Gasteiger partial charge in [-0.15, -0.1) is 0 Å². The van der Waals surface area contributed by atoms with Crippen molar-refractivity contribution in [3.63, 3.8) is 0 Å². The Morgan fingerprint density at radius 1 is 1.36 bits per heavy atom. The zero-order chi connectivity index (χ0) is 10.7. The summed E-state index contributed by atoms with van der Waals surface area (Å²) < 4.78 is 38.0. The minimum Gasteiger partial charge on any atom is -0.396 e. The molecule has 0 saturated carbocycles. The molecule has 1 rings (SSSR count). The monoisotopic (exact) mass is 204 g/mol. The fourth-order valence-corrected chi connectivity index (χ4v) is 1.31. The second-order valence-electron chi connectivity index (χ2n) is 3.13. The molecule has 4 heteroatoms. The lowest BCUT2D eigenvalue weighted by molar-refractivity contribution is 0.143. The standard InChI is InChI=1S/C10H11F3O/c1-6(5-14)7-3-2-4-8(11)9(7)10(12)13/h2-4,6,10,14H,5H2,1H3. The minimum absolute atomic E-state index is 0.169. The highest BCUT2D eigenvalue weighted by molar-refractivity contribution is 5.32. The second kappa shape index (κ2) is 4.46. The molecule has 1 N–H and O–H groups in total. The largest absolute Gasteiger partial charge is 0.396 e. The molecule has 0 aliphatic carbocycles. The number of aliphatic hydroxyl groups excluding tert-OH is 1. The van der Waals surface area contributed by atoms with Crippen LogP contribution in [0.4, 0.5) is 13.2 Å². The van der Waals surface area contributed by atoms with Gasteiger partial charge >= 0.3 is 0 Å². The van der Waals surface area contributed by atoms with Crippen LogP contribution in [0.2, 0.25) is 0 Å². The highest BCUT2D eigenvalue weighted by Crippen LogP contribution is 2.30. The van der Waals surface area contributed by atoms with Gasteiger partial charge in [0, 0.05) is 12.5 Å². The van der Waals surface area contributed by atoms with Gasteiger partial charge in [0.2, 0.25) is 0 Å². The third-order valence-corrected chi connectivity index (χ3v) is 2.11. The molecule has 0 fully saturated rings. The van der Waals surface area contributed by atoms with E-state index in [-0.39, 0.29) is 12.2 Å². The maximum Gasteiger partial charge on any atom is 0.266 e. The molecule has 0 aliphatic heterocycles. The molecular weight excluding hydrogens is 193 g/mol. The van der Waals surface area contributed by atoms with Crippen LogP contribution in [-0.4, -0.2) is 11.7 Å². The van der Waals surface area contributed by atoms with Crippen molar-refractivity contribution >= 4 is 0 Å². The molecule has 0 aromatic heterocycles. The normalized spacial score (nSPS) is 13.3. The van der Waals surface area contributed by atoms with Gasteiger partial charge in [0.25, 0.3) is 6.43 Å². The number of halogens is 3. The summed E-state index contributed by atoms with van der Waals surface area (Å²) in [5.41, 5.74) is -0.434. The van der Waals surface area contributed by atoms with E-state index < -0.39 is 23.7 Å². The molecule has 0 heterocycles. The van der Waals surface area contributed by atoms with Crippen LogP contribution in [0.3, 0.4) is 0 Å². The molecule has 1 nitrogen and oxygen atoms in total. The predicted molar refractivity (Wildman–Crippen MR) is 46.9 cm³/mol. The van der Waals surface area contributed by atoms with Crippen LogP contribution < -0.4 is 0 Å². The fourth-order valence-electron chi connectivity index (χ4n) is 1.31. The van der Waals surface area contributed by atoms with E-state index in [9.17, 15) is 13.2 Å². The van der Waals surface area contributed by atoms with Gasteiger partial charge in [-0.2, -0.15) is 0 Å². The van der Waals surface area contributed by atoms with Gasteiger partial charge in [0.1, 0.15) is 5.82 Å². The van der Waals surface area contributed by atoms with Crippen molar-refractivity contribution < 1.29 is 18.3 Å². The third-order valence-electron chi connectivity index (χ3n) is 2.11. The van der Waals surface area contributed by atoms with Crippen LogP contribution in [0.5, 0.6) is 0 Å². The summed E-state index contributed by atoms with van der Waals surface area (Å²) in [6, 6.07) is 3.77. The van der Waals surface area contributed by atoms with Gasteiger partial charge in [0.05, 0.1) is 5.56 Å². The highest BCUT2D eigenvalue weighted by Gasteiger charge is 2.20. The Bertz CT molecular complexity index is 312. The summed E-state index contributed by atoms with van der Waals surface area (Å²) in [6.45, 7) is 1.30. The quantitative estimate of drug-likeness (QED) is 0.802. The molecule has 78 valence electrons. The van der Waals surface area contributed by atoms with Crippen LogP contribution >= 0.6 is 0 Å². The third kappa shape index (κ3) is 2.07. The fraction of sp³-hybridized carbons (Fsp3) is 0.400. The number of rotatable bonds is 3. The van der Waals surface area contributed by atoms with Crippen LogP contribution in [-0.2, 0) is 0 Å². The molecule has 0 saturated heterocycles. The Morgan fingerprint density at radius 2 is 2.00 bits per heavy atom. The second-order valence-corrected chi connectivity index (χ2v) is 3.13. The first-order valence-electron chi connectivity index (χ1n) is 4.25. The molecule has 14 heavy (non-hydrogen) atoms. The Balaban J connectivity index is 3.21. The Labute approximate surface area is 80.2 Å². The van der Waals surface area contributed by atoms with E-state index in [0.717, 1.165) is 6.07 Å². The topological polar surface area (TPSA) is 20.2 Å². The lowest BCUT2D eigenvalue weighted by atomic mass is 9.96. The van der Waals surface area contributed by atoms with E-state index in [1.165, 1.54) is 12.1 Å². The zero-order valence-corrected chi connectivity index (χ0v) is 7.67. The van der Waals surface area contributed by atoms with Crippen molar-refractivity contribution in [1.29, 1.82) is 0 Å². The minimum atomic E-state index is -2.85. The summed E-state index contributed by atoms with van der Waals surface area (Å²) in [6.07, 6.45) is -2.85. The van der Waals surface area contributed by atoms with Crippen LogP contribution in [0.1, 0.15) is 30.4 Å². The van der Waals surface area contributed by atoms with Crippen LogP contribution in [0.25, 0.3) is 0 Å².